The number of aromatic nitrogens is 1. The van der Waals surface area contributed by atoms with Gasteiger partial charge >= 0.3 is 0 Å². The summed E-state index contributed by atoms with van der Waals surface area (Å²) in [4.78, 5) is 0. The van der Waals surface area contributed by atoms with Gasteiger partial charge in [-0.05, 0) is 24.3 Å². The first-order chi connectivity index (χ1) is 9.43. The maximum absolute atomic E-state index is 2.40. The Kier molecular flexibility index (Phi) is 2.25. The first-order valence-electron chi connectivity index (χ1n) is 6.60. The molecule has 19 heavy (non-hydrogen) atoms. The van der Waals surface area contributed by atoms with Crippen molar-refractivity contribution in [2.24, 2.45) is 0 Å². The van der Waals surface area contributed by atoms with Crippen LogP contribution in [0.1, 0.15) is 5.56 Å². The zero-order valence-corrected chi connectivity index (χ0v) is 10.6. The van der Waals surface area contributed by atoms with Gasteiger partial charge in [-0.3, -0.25) is 0 Å². The molecule has 0 saturated heterocycles. The van der Waals surface area contributed by atoms with Crippen LogP contribution in [0.4, 0.5) is 0 Å². The first-order valence-corrected chi connectivity index (χ1v) is 6.60. The fourth-order valence-corrected chi connectivity index (χ4v) is 2.89. The summed E-state index contributed by atoms with van der Waals surface area (Å²) in [6, 6.07) is 25.8. The van der Waals surface area contributed by atoms with Crippen LogP contribution in [0.15, 0.2) is 72.8 Å². The molecular weight excluding hydrogens is 230 g/mol. The molecule has 0 aliphatic carbocycles. The van der Waals surface area contributed by atoms with Crippen molar-refractivity contribution in [2.45, 2.75) is 6.54 Å². The highest BCUT2D eigenvalue weighted by molar-refractivity contribution is 5.66. The van der Waals surface area contributed by atoms with Crippen LogP contribution in [0.25, 0.3) is 22.5 Å². The second-order valence-electron chi connectivity index (χ2n) is 4.91. The summed E-state index contributed by atoms with van der Waals surface area (Å²) in [5.74, 6) is 0. The van der Waals surface area contributed by atoms with Gasteiger partial charge in [-0.1, -0.05) is 36.4 Å². The standard InChI is InChI=1S/C18H14N/c1-2-7-14(8-3-1)17-11-6-12-18-16-10-5-4-9-15(16)13-19(17)18/h1-12H,13H2/q+1. The van der Waals surface area contributed by atoms with Crippen molar-refractivity contribution in [1.29, 1.82) is 0 Å². The molecule has 0 spiro atoms. The Bertz CT molecular complexity index is 745. The van der Waals surface area contributed by atoms with Gasteiger partial charge in [0.1, 0.15) is 0 Å². The molecule has 1 aromatic heterocycles. The minimum Gasteiger partial charge on any atom is -0.187 e. The Hall–Kier alpha value is -2.41. The largest absolute Gasteiger partial charge is 0.213 e. The summed E-state index contributed by atoms with van der Waals surface area (Å²) in [6.45, 7) is 0.969. The van der Waals surface area contributed by atoms with Gasteiger partial charge in [0.05, 0.1) is 5.56 Å². The lowest BCUT2D eigenvalue weighted by Gasteiger charge is -2.02. The Morgan fingerprint density at radius 2 is 1.37 bits per heavy atom. The lowest BCUT2D eigenvalue weighted by atomic mass is 10.1. The van der Waals surface area contributed by atoms with E-state index in [4.69, 9.17) is 0 Å². The Balaban J connectivity index is 1.95. The summed E-state index contributed by atoms with van der Waals surface area (Å²) in [7, 11) is 0. The van der Waals surface area contributed by atoms with Gasteiger partial charge in [0.25, 0.3) is 0 Å². The van der Waals surface area contributed by atoms with E-state index in [1.807, 2.05) is 0 Å². The molecule has 0 amide bonds. The zero-order valence-electron chi connectivity index (χ0n) is 10.6. The second-order valence-corrected chi connectivity index (χ2v) is 4.91. The Morgan fingerprint density at radius 3 is 2.26 bits per heavy atom. The predicted molar refractivity (Wildman–Crippen MR) is 76.6 cm³/mol. The van der Waals surface area contributed by atoms with E-state index in [1.165, 1.54) is 28.1 Å². The monoisotopic (exact) mass is 244 g/mol. The maximum Gasteiger partial charge on any atom is 0.213 e. The summed E-state index contributed by atoms with van der Waals surface area (Å²) in [5, 5.41) is 0. The molecule has 0 unspecified atom stereocenters. The normalized spacial score (nSPS) is 12.0. The SMILES string of the molecule is c1ccc(-c2cccc3[n+]2Cc2ccccc2-3)cc1. The van der Waals surface area contributed by atoms with E-state index in [0.717, 1.165) is 6.54 Å². The number of rotatable bonds is 1. The van der Waals surface area contributed by atoms with Crippen LogP contribution in [-0.4, -0.2) is 0 Å². The van der Waals surface area contributed by atoms with Gasteiger partial charge in [-0.25, -0.2) is 0 Å². The third-order valence-corrected chi connectivity index (χ3v) is 3.78. The third-order valence-electron chi connectivity index (χ3n) is 3.78. The lowest BCUT2D eigenvalue weighted by Crippen LogP contribution is -2.35. The van der Waals surface area contributed by atoms with Crippen molar-refractivity contribution in [3.05, 3.63) is 78.4 Å². The number of hydrogen-bond donors (Lipinski definition) is 0. The van der Waals surface area contributed by atoms with Gasteiger partial charge in [0.15, 0.2) is 6.54 Å². The van der Waals surface area contributed by atoms with Crippen LogP contribution in [0.2, 0.25) is 0 Å². The van der Waals surface area contributed by atoms with Crippen LogP contribution < -0.4 is 4.57 Å². The van der Waals surface area contributed by atoms with E-state index in [-0.39, 0.29) is 0 Å². The van der Waals surface area contributed by atoms with Crippen molar-refractivity contribution in [2.75, 3.05) is 0 Å². The fourth-order valence-electron chi connectivity index (χ4n) is 2.89. The summed E-state index contributed by atoms with van der Waals surface area (Å²) < 4.78 is 2.40. The van der Waals surface area contributed by atoms with Crippen LogP contribution >= 0.6 is 0 Å². The smallest absolute Gasteiger partial charge is 0.187 e. The molecule has 2 heterocycles. The molecule has 3 aromatic rings. The molecule has 90 valence electrons. The van der Waals surface area contributed by atoms with Crippen molar-refractivity contribution >= 4 is 0 Å². The molecule has 1 aliphatic heterocycles. The molecule has 4 rings (SSSR count). The molecular formula is C18H14N+. The highest BCUT2D eigenvalue weighted by Gasteiger charge is 2.28. The maximum atomic E-state index is 2.40. The predicted octanol–water partition coefficient (Wildman–Crippen LogP) is 3.67. The molecule has 1 heteroatoms. The number of hydrogen-bond acceptors (Lipinski definition) is 0. The summed E-state index contributed by atoms with van der Waals surface area (Å²) in [5.41, 5.74) is 6.65. The highest BCUT2D eigenvalue weighted by atomic mass is 15.0. The van der Waals surface area contributed by atoms with Crippen molar-refractivity contribution in [3.8, 4) is 22.5 Å². The lowest BCUT2D eigenvalue weighted by molar-refractivity contribution is -0.661. The summed E-state index contributed by atoms with van der Waals surface area (Å²) >= 11 is 0. The zero-order chi connectivity index (χ0) is 12.7. The molecule has 2 aromatic carbocycles. The molecule has 0 bridgehead atoms. The van der Waals surface area contributed by atoms with Crippen LogP contribution in [0, 0.1) is 0 Å². The molecule has 0 saturated carbocycles. The van der Waals surface area contributed by atoms with Gasteiger partial charge in [-0.15, -0.1) is 0 Å². The minimum absolute atomic E-state index is 0.969. The minimum atomic E-state index is 0.969. The average molecular weight is 244 g/mol. The first kappa shape index (κ1) is 10.5. The van der Waals surface area contributed by atoms with E-state index >= 15 is 0 Å². The number of pyridine rings is 1. The molecule has 1 aliphatic rings. The third kappa shape index (κ3) is 1.59. The van der Waals surface area contributed by atoms with E-state index < -0.39 is 0 Å². The highest BCUT2D eigenvalue weighted by Crippen LogP contribution is 2.29. The number of fused-ring (bicyclic) bond motifs is 3. The van der Waals surface area contributed by atoms with E-state index in [2.05, 4.69) is 77.4 Å². The van der Waals surface area contributed by atoms with E-state index in [9.17, 15) is 0 Å². The van der Waals surface area contributed by atoms with E-state index in [1.54, 1.807) is 0 Å². The van der Waals surface area contributed by atoms with Gasteiger partial charge in [-0.2, -0.15) is 4.57 Å². The van der Waals surface area contributed by atoms with Gasteiger partial charge < -0.3 is 0 Å². The van der Waals surface area contributed by atoms with Crippen molar-refractivity contribution < 1.29 is 4.57 Å². The number of nitrogens with zero attached hydrogens (tertiary/aromatic N) is 1. The molecule has 0 fully saturated rings. The van der Waals surface area contributed by atoms with Crippen molar-refractivity contribution in [3.63, 3.8) is 0 Å². The van der Waals surface area contributed by atoms with E-state index in [0.29, 0.717) is 0 Å². The quantitative estimate of drug-likeness (QED) is 0.450. The van der Waals surface area contributed by atoms with Crippen LogP contribution in [0.5, 0.6) is 0 Å². The van der Waals surface area contributed by atoms with Gasteiger partial charge in [0.2, 0.25) is 11.4 Å². The molecule has 0 radical (unpaired) electrons. The molecule has 1 nitrogen and oxygen atoms in total. The van der Waals surface area contributed by atoms with Gasteiger partial charge in [0, 0.05) is 23.3 Å². The topological polar surface area (TPSA) is 3.88 Å². The molecule has 0 N–H and O–H groups in total. The second kappa shape index (κ2) is 4.06. The molecule has 0 atom stereocenters. The fraction of sp³-hybridized carbons (Fsp3) is 0.0556. The summed E-state index contributed by atoms with van der Waals surface area (Å²) in [6.07, 6.45) is 0. The number of benzene rings is 2. The van der Waals surface area contributed by atoms with Crippen LogP contribution in [0.3, 0.4) is 0 Å². The van der Waals surface area contributed by atoms with Crippen LogP contribution in [-0.2, 0) is 6.54 Å². The Labute approximate surface area is 112 Å². The average Bonchev–Trinajstić information content (AvgIpc) is 2.87. The van der Waals surface area contributed by atoms with Crippen molar-refractivity contribution in [1.82, 2.24) is 0 Å². The Morgan fingerprint density at radius 1 is 0.632 bits per heavy atom.